The molecular formula is C19H24ClN3O2. The van der Waals surface area contributed by atoms with Crippen molar-refractivity contribution in [1.29, 1.82) is 0 Å². The van der Waals surface area contributed by atoms with Crippen LogP contribution in [0.15, 0.2) is 18.2 Å². The van der Waals surface area contributed by atoms with Crippen molar-refractivity contribution in [3.05, 3.63) is 28.8 Å². The molecule has 0 unspecified atom stereocenters. The summed E-state index contributed by atoms with van der Waals surface area (Å²) in [5, 5.41) is 7.02. The second-order valence-electron chi connectivity index (χ2n) is 7.48. The fraction of sp³-hybridized carbons (Fsp3) is 0.579. The highest BCUT2D eigenvalue weighted by Gasteiger charge is 2.42. The van der Waals surface area contributed by atoms with Gasteiger partial charge >= 0.3 is 0 Å². The zero-order valence-electron chi connectivity index (χ0n) is 14.3. The quantitative estimate of drug-likeness (QED) is 0.806. The highest BCUT2D eigenvalue weighted by molar-refractivity contribution is 6.34. The fourth-order valence-electron chi connectivity index (χ4n) is 4.39. The van der Waals surface area contributed by atoms with Gasteiger partial charge in [-0.2, -0.15) is 0 Å². The summed E-state index contributed by atoms with van der Waals surface area (Å²) >= 11 is 6.16. The van der Waals surface area contributed by atoms with E-state index in [-0.39, 0.29) is 11.8 Å². The van der Waals surface area contributed by atoms with Crippen LogP contribution in [0.5, 0.6) is 0 Å². The van der Waals surface area contributed by atoms with Gasteiger partial charge in [-0.1, -0.05) is 36.9 Å². The van der Waals surface area contributed by atoms with Gasteiger partial charge in [0.15, 0.2) is 0 Å². The summed E-state index contributed by atoms with van der Waals surface area (Å²) in [7, 11) is 0. The summed E-state index contributed by atoms with van der Waals surface area (Å²) in [5.41, 5.74) is 0.816. The van der Waals surface area contributed by atoms with Crippen LogP contribution in [0.2, 0.25) is 5.02 Å². The Morgan fingerprint density at radius 1 is 1.12 bits per heavy atom. The van der Waals surface area contributed by atoms with Crippen LogP contribution in [0.25, 0.3) is 0 Å². The van der Waals surface area contributed by atoms with E-state index in [1.807, 2.05) is 17.0 Å². The number of benzene rings is 1. The number of fused-ring (bicyclic) bond motifs is 1. The summed E-state index contributed by atoms with van der Waals surface area (Å²) < 4.78 is 0. The number of anilines is 1. The second-order valence-corrected chi connectivity index (χ2v) is 7.89. The van der Waals surface area contributed by atoms with Crippen LogP contribution in [0.4, 0.5) is 5.69 Å². The monoisotopic (exact) mass is 361 g/mol. The molecule has 1 aliphatic carbocycles. The van der Waals surface area contributed by atoms with Crippen LogP contribution in [-0.4, -0.2) is 35.5 Å². The van der Waals surface area contributed by atoms with E-state index >= 15 is 0 Å². The third kappa shape index (κ3) is 3.10. The Bertz CT molecular complexity index is 692. The topological polar surface area (TPSA) is 61.4 Å². The number of piperidine rings is 1. The van der Waals surface area contributed by atoms with E-state index in [9.17, 15) is 9.59 Å². The molecule has 1 saturated heterocycles. The van der Waals surface area contributed by atoms with Crippen molar-refractivity contribution >= 4 is 29.1 Å². The fourth-order valence-corrected chi connectivity index (χ4v) is 4.65. The summed E-state index contributed by atoms with van der Waals surface area (Å²) in [6.45, 7) is 1.36. The van der Waals surface area contributed by atoms with E-state index in [1.54, 1.807) is 6.07 Å². The van der Waals surface area contributed by atoms with Crippen molar-refractivity contribution in [2.45, 2.75) is 50.6 Å². The van der Waals surface area contributed by atoms with Crippen LogP contribution in [-0.2, 0) is 4.79 Å². The number of carbonyl (C=O) groups excluding carboxylic acids is 2. The molecule has 5 nitrogen and oxygen atoms in total. The minimum atomic E-state index is -0.474. The lowest BCUT2D eigenvalue weighted by Crippen LogP contribution is -2.63. The van der Waals surface area contributed by atoms with Gasteiger partial charge < -0.3 is 15.5 Å². The van der Waals surface area contributed by atoms with Crippen molar-refractivity contribution in [2.24, 2.45) is 5.92 Å². The number of likely N-dealkylation sites (tertiary alicyclic amines) is 1. The van der Waals surface area contributed by atoms with Crippen LogP contribution in [0, 0.1) is 5.92 Å². The Labute approximate surface area is 153 Å². The molecule has 1 saturated carbocycles. The summed E-state index contributed by atoms with van der Waals surface area (Å²) in [6.07, 6.45) is 7.08. The molecule has 0 atom stereocenters. The summed E-state index contributed by atoms with van der Waals surface area (Å²) in [5.74, 6) is 0.378. The maximum atomic E-state index is 12.7. The summed E-state index contributed by atoms with van der Waals surface area (Å²) in [6, 6.07) is 5.47. The van der Waals surface area contributed by atoms with Crippen molar-refractivity contribution in [1.82, 2.24) is 10.2 Å². The molecule has 134 valence electrons. The van der Waals surface area contributed by atoms with E-state index in [0.29, 0.717) is 42.4 Å². The highest BCUT2D eigenvalue weighted by Crippen LogP contribution is 2.35. The molecular weight excluding hydrogens is 338 g/mol. The number of nitrogens with zero attached hydrogens (tertiary/aromatic N) is 1. The lowest BCUT2D eigenvalue weighted by atomic mass is 9.86. The van der Waals surface area contributed by atoms with Gasteiger partial charge in [-0.05, 0) is 25.0 Å². The smallest absolute Gasteiger partial charge is 0.256 e. The van der Waals surface area contributed by atoms with Gasteiger partial charge in [0, 0.05) is 31.8 Å². The number of nitrogens with one attached hydrogen (secondary N) is 2. The number of halogens is 1. The van der Waals surface area contributed by atoms with Gasteiger partial charge in [-0.25, -0.2) is 0 Å². The molecule has 25 heavy (non-hydrogen) atoms. The molecule has 0 aromatic heterocycles. The maximum absolute atomic E-state index is 12.7. The molecule has 2 amide bonds. The number of hydrogen-bond donors (Lipinski definition) is 2. The van der Waals surface area contributed by atoms with E-state index in [0.717, 1.165) is 18.5 Å². The van der Waals surface area contributed by atoms with Gasteiger partial charge in [0.25, 0.3) is 5.91 Å². The molecule has 0 bridgehead atoms. The third-order valence-corrected chi connectivity index (χ3v) is 6.17. The van der Waals surface area contributed by atoms with E-state index in [2.05, 4.69) is 10.6 Å². The average molecular weight is 362 g/mol. The van der Waals surface area contributed by atoms with E-state index in [4.69, 9.17) is 11.6 Å². The first-order valence-electron chi connectivity index (χ1n) is 9.26. The van der Waals surface area contributed by atoms with Crippen LogP contribution in [0.3, 0.4) is 0 Å². The Morgan fingerprint density at radius 3 is 2.56 bits per heavy atom. The minimum absolute atomic E-state index is 0.133. The molecule has 2 fully saturated rings. The molecule has 6 heteroatoms. The molecule has 2 N–H and O–H groups in total. The first-order chi connectivity index (χ1) is 12.1. The minimum Gasteiger partial charge on any atom is -0.362 e. The molecule has 1 aromatic carbocycles. The van der Waals surface area contributed by atoms with E-state index < -0.39 is 5.66 Å². The predicted octanol–water partition coefficient (Wildman–Crippen LogP) is 3.39. The molecule has 0 radical (unpaired) electrons. The highest BCUT2D eigenvalue weighted by atomic mass is 35.5. The first kappa shape index (κ1) is 16.7. The van der Waals surface area contributed by atoms with Crippen LogP contribution < -0.4 is 10.6 Å². The number of hydrogen-bond acceptors (Lipinski definition) is 3. The van der Waals surface area contributed by atoms with Crippen molar-refractivity contribution in [3.63, 3.8) is 0 Å². The Kier molecular flexibility index (Phi) is 4.36. The molecule has 4 rings (SSSR count). The van der Waals surface area contributed by atoms with Crippen molar-refractivity contribution < 1.29 is 9.59 Å². The lowest BCUT2D eigenvalue weighted by molar-refractivity contribution is -0.138. The maximum Gasteiger partial charge on any atom is 0.256 e. The van der Waals surface area contributed by atoms with Crippen LogP contribution >= 0.6 is 11.6 Å². The number of carbonyl (C=O) groups is 2. The average Bonchev–Trinajstić information content (AvgIpc) is 2.62. The number of rotatable bonds is 1. The lowest BCUT2D eigenvalue weighted by Gasteiger charge is -2.46. The van der Waals surface area contributed by atoms with Gasteiger partial charge in [0.1, 0.15) is 5.66 Å². The van der Waals surface area contributed by atoms with Crippen LogP contribution in [0.1, 0.15) is 55.3 Å². The standard InChI is InChI=1S/C19H24ClN3O2/c20-14-7-4-8-15-16(14)17(24)22-19(21-15)9-11-23(12-10-19)18(25)13-5-2-1-3-6-13/h4,7-8,13,21H,1-3,5-6,9-12H2,(H,22,24). The molecule has 2 aliphatic heterocycles. The predicted molar refractivity (Wildman–Crippen MR) is 97.7 cm³/mol. The van der Waals surface area contributed by atoms with E-state index in [1.165, 1.54) is 19.3 Å². The molecule has 1 aromatic rings. The molecule has 2 heterocycles. The van der Waals surface area contributed by atoms with Gasteiger partial charge in [0.2, 0.25) is 5.91 Å². The largest absolute Gasteiger partial charge is 0.362 e. The second kappa shape index (κ2) is 6.52. The van der Waals surface area contributed by atoms with Gasteiger partial charge in [0.05, 0.1) is 16.3 Å². The van der Waals surface area contributed by atoms with Gasteiger partial charge in [-0.15, -0.1) is 0 Å². The normalized spacial score (nSPS) is 22.9. The van der Waals surface area contributed by atoms with Gasteiger partial charge in [-0.3, -0.25) is 9.59 Å². The molecule has 3 aliphatic rings. The summed E-state index contributed by atoms with van der Waals surface area (Å²) in [4.78, 5) is 27.2. The Hall–Kier alpha value is -1.75. The zero-order valence-corrected chi connectivity index (χ0v) is 15.1. The SMILES string of the molecule is O=C1NC2(CCN(C(=O)C3CCCCC3)CC2)Nc2cccc(Cl)c21. The third-order valence-electron chi connectivity index (χ3n) is 5.85. The zero-order chi connectivity index (χ0) is 17.4. The Morgan fingerprint density at radius 2 is 1.84 bits per heavy atom. The van der Waals surface area contributed by atoms with Crippen molar-refractivity contribution in [2.75, 3.05) is 18.4 Å². The number of amides is 2. The molecule has 1 spiro atoms. The van der Waals surface area contributed by atoms with Crippen molar-refractivity contribution in [3.8, 4) is 0 Å². The first-order valence-corrected chi connectivity index (χ1v) is 9.64. The Balaban J connectivity index is 1.45.